The average molecular weight is 1170 g/mol. The number of aliphatic hydroxyl groups is 2. The standard InChI is InChI=1S/2C23H28F3N5O4S2.3CH4/c2*1-14(37-36-4)34-16-9-19(35-17(16)11-32)31-10-15(7-5-6-8-18(33)23(24,25)26)20-21(29-13-30(2)3)27-12-28-22(20)31;;;/h2*10,12-14,16-17,19,32H,6,8-9,11H2,1-4H3;3*1H4/t14-,16?,17+,19+;14-,16?,17-,19-;;;/m01.../s1. The zero-order valence-corrected chi connectivity index (χ0v) is 44.7. The van der Waals surface area contributed by atoms with Gasteiger partial charge in [0.2, 0.25) is 11.6 Å². The number of nitrogens with zero attached hydrogens (tertiary/aromatic N) is 10. The maximum atomic E-state index is 12.5. The lowest BCUT2D eigenvalue weighted by Crippen LogP contribution is -2.29. The molecule has 0 spiro atoms. The number of aliphatic hydroxyl groups excluding tert-OH is 2. The summed E-state index contributed by atoms with van der Waals surface area (Å²) in [6.07, 6.45) is -0.733. The SMILES string of the molecule is C.C.C.CSS[C@@H](C)OC1C[C@H](n2cc(C#CCCC(=O)C(F)(F)F)c3c(N=CN(C)C)ncnc32)O[C@@H]1CO.CSS[C@H](C)OC1C[C@H](n2cc(C#CCCC(=O)C(F)(F)F)c3c(N=CN(C)C)ncnc32)O[C@@H]1CO. The molecule has 2 N–H and O–H groups in total. The molecule has 4 aromatic heterocycles. The number of carbonyl (C=O) groups is 2. The molecule has 2 unspecified atom stereocenters. The fourth-order valence-electron chi connectivity index (χ4n) is 7.42. The van der Waals surface area contributed by atoms with E-state index in [9.17, 15) is 46.1 Å². The highest BCUT2D eigenvalue weighted by atomic mass is 33.1. The van der Waals surface area contributed by atoms with Gasteiger partial charge < -0.3 is 48.1 Å². The van der Waals surface area contributed by atoms with Crippen molar-refractivity contribution >= 4 is 101 Å². The molecule has 2 aliphatic rings. The van der Waals surface area contributed by atoms with Gasteiger partial charge in [-0.15, -0.1) is 0 Å². The number of fused-ring (bicyclic) bond motifs is 2. The number of aromatic nitrogens is 6. The summed E-state index contributed by atoms with van der Waals surface area (Å²) in [4.78, 5) is 51.9. The number of hydrogen-bond acceptors (Lipinski definition) is 18. The van der Waals surface area contributed by atoms with Crippen molar-refractivity contribution in [3.63, 3.8) is 0 Å². The van der Waals surface area contributed by atoms with Gasteiger partial charge in [0.1, 0.15) is 59.5 Å². The zero-order valence-electron chi connectivity index (χ0n) is 41.5. The van der Waals surface area contributed by atoms with Crippen molar-refractivity contribution in [1.29, 1.82) is 0 Å². The van der Waals surface area contributed by atoms with E-state index in [1.165, 1.54) is 12.7 Å². The molecule has 0 saturated carbocycles. The van der Waals surface area contributed by atoms with E-state index in [1.54, 1.807) is 115 Å². The van der Waals surface area contributed by atoms with Crippen molar-refractivity contribution in [2.45, 2.75) is 135 Å². The third kappa shape index (κ3) is 19.3. The Bertz CT molecular complexity index is 2540. The van der Waals surface area contributed by atoms with Crippen LogP contribution in [0.5, 0.6) is 0 Å². The second-order valence-corrected chi connectivity index (χ2v) is 22.2. The summed E-state index contributed by atoms with van der Waals surface area (Å²) in [5.74, 6) is 8.00. The lowest BCUT2D eigenvalue weighted by atomic mass is 10.2. The molecule has 4 aromatic rings. The van der Waals surface area contributed by atoms with E-state index in [0.29, 0.717) is 57.7 Å². The zero-order chi connectivity index (χ0) is 54.3. The van der Waals surface area contributed by atoms with Gasteiger partial charge in [0.15, 0.2) is 11.6 Å². The van der Waals surface area contributed by atoms with Crippen molar-refractivity contribution in [2.75, 3.05) is 53.9 Å². The van der Waals surface area contributed by atoms with Crippen LogP contribution in [0.15, 0.2) is 35.0 Å². The largest absolute Gasteiger partial charge is 0.450 e. The summed E-state index contributed by atoms with van der Waals surface area (Å²) in [7, 11) is 13.4. The summed E-state index contributed by atoms with van der Waals surface area (Å²) in [5, 5.41) is 20.7. The van der Waals surface area contributed by atoms with E-state index in [2.05, 4.69) is 53.6 Å². The summed E-state index contributed by atoms with van der Waals surface area (Å²) in [5.41, 5.74) is 1.55. The molecular weight excluding hydrogens is 1100 g/mol. The first-order chi connectivity index (χ1) is 35.1. The van der Waals surface area contributed by atoms with Crippen LogP contribution in [-0.4, -0.2) is 175 Å². The van der Waals surface area contributed by atoms with E-state index in [4.69, 9.17) is 18.9 Å². The molecule has 77 heavy (non-hydrogen) atoms. The second kappa shape index (κ2) is 31.8. The number of alkyl halides is 6. The molecule has 2 fully saturated rings. The van der Waals surface area contributed by atoms with Crippen LogP contribution >= 0.6 is 43.2 Å². The monoisotopic (exact) mass is 1170 g/mol. The predicted octanol–water partition coefficient (Wildman–Crippen LogP) is 9.78. The Balaban J connectivity index is 0.000000507. The quantitative estimate of drug-likeness (QED) is 0.0211. The Morgan fingerprint density at radius 2 is 1.08 bits per heavy atom. The van der Waals surface area contributed by atoms with Gasteiger partial charge in [0, 0.05) is 79.1 Å². The normalized spacial score (nSPS) is 20.0. The van der Waals surface area contributed by atoms with Crippen LogP contribution in [0.2, 0.25) is 0 Å². The summed E-state index contributed by atoms with van der Waals surface area (Å²) in [6.45, 7) is 3.38. The van der Waals surface area contributed by atoms with Gasteiger partial charge in [-0.1, -0.05) is 89.1 Å². The number of ether oxygens (including phenoxy) is 4. The van der Waals surface area contributed by atoms with Crippen LogP contribution in [0.4, 0.5) is 38.0 Å². The van der Waals surface area contributed by atoms with Crippen LogP contribution in [0.3, 0.4) is 0 Å². The Morgan fingerprint density at radius 1 is 0.714 bits per heavy atom. The van der Waals surface area contributed by atoms with Crippen LogP contribution in [-0.2, 0) is 28.5 Å². The fourth-order valence-corrected chi connectivity index (χ4v) is 10.2. The van der Waals surface area contributed by atoms with Crippen molar-refractivity contribution in [1.82, 2.24) is 38.9 Å². The number of ketones is 2. The van der Waals surface area contributed by atoms with E-state index < -0.39 is 61.4 Å². The van der Waals surface area contributed by atoms with Gasteiger partial charge in [-0.05, 0) is 26.4 Å². The molecule has 2 saturated heterocycles. The first-order valence-corrected chi connectivity index (χ1v) is 27.9. The topological polar surface area (TPSA) is 204 Å². The van der Waals surface area contributed by atoms with Crippen molar-refractivity contribution in [3.05, 3.63) is 36.2 Å². The number of Topliss-reactive ketones (excluding diaryl/α,β-unsaturated/α-hetero) is 2. The van der Waals surface area contributed by atoms with Crippen LogP contribution in [0, 0.1) is 23.7 Å². The summed E-state index contributed by atoms with van der Waals surface area (Å²) in [6, 6.07) is 0. The lowest BCUT2D eigenvalue weighted by molar-refractivity contribution is -0.170. The minimum Gasteiger partial charge on any atom is -0.394 e. The molecule has 0 aromatic carbocycles. The molecule has 28 heteroatoms. The smallest absolute Gasteiger partial charge is 0.394 e. The third-order valence-electron chi connectivity index (χ3n) is 10.6. The molecule has 8 atom stereocenters. The number of hydrogen-bond donors (Lipinski definition) is 2. The van der Waals surface area contributed by atoms with Crippen molar-refractivity contribution < 1.29 is 65.1 Å². The molecular formula is C49H68F6N10O8S4. The Labute approximate surface area is 461 Å². The highest BCUT2D eigenvalue weighted by molar-refractivity contribution is 8.76. The maximum absolute atomic E-state index is 12.5. The van der Waals surface area contributed by atoms with Crippen molar-refractivity contribution in [3.8, 4) is 23.7 Å². The van der Waals surface area contributed by atoms with Crippen LogP contribution in [0.1, 0.15) is 98.2 Å². The highest BCUT2D eigenvalue weighted by Crippen LogP contribution is 2.40. The van der Waals surface area contributed by atoms with Gasteiger partial charge in [-0.3, -0.25) is 9.59 Å². The van der Waals surface area contributed by atoms with Gasteiger partial charge in [0.05, 0.1) is 60.0 Å². The van der Waals surface area contributed by atoms with Crippen molar-refractivity contribution in [2.24, 2.45) is 9.98 Å². The van der Waals surface area contributed by atoms with E-state index in [-0.39, 0.29) is 71.4 Å². The molecule has 0 bridgehead atoms. The van der Waals surface area contributed by atoms with Crippen LogP contribution < -0.4 is 0 Å². The summed E-state index contributed by atoms with van der Waals surface area (Å²) >= 11 is 0. The molecule has 428 valence electrons. The first kappa shape index (κ1) is 68.5. The minimum atomic E-state index is -4.88. The molecule has 2 aliphatic heterocycles. The Kier molecular flexibility index (Phi) is 28.3. The molecule has 0 aliphatic carbocycles. The van der Waals surface area contributed by atoms with Gasteiger partial charge >= 0.3 is 12.4 Å². The van der Waals surface area contributed by atoms with E-state index in [0.717, 1.165) is 0 Å². The molecule has 0 radical (unpaired) electrons. The van der Waals surface area contributed by atoms with Gasteiger partial charge in [-0.25, -0.2) is 29.9 Å². The predicted molar refractivity (Wildman–Crippen MR) is 295 cm³/mol. The Morgan fingerprint density at radius 3 is 1.39 bits per heavy atom. The summed E-state index contributed by atoms with van der Waals surface area (Å²) < 4.78 is 103. The average Bonchev–Trinajstić information content (AvgIpc) is 4.13. The number of aliphatic imine (C=N–C) groups is 2. The Hall–Kier alpha value is -4.62. The van der Waals surface area contributed by atoms with Crippen LogP contribution in [0.25, 0.3) is 22.1 Å². The molecule has 0 amide bonds. The molecule has 18 nitrogen and oxygen atoms in total. The minimum absolute atomic E-state index is 0. The van der Waals surface area contributed by atoms with Gasteiger partial charge in [0.25, 0.3) is 0 Å². The lowest BCUT2D eigenvalue weighted by Gasteiger charge is -2.20. The number of halogens is 6. The van der Waals surface area contributed by atoms with E-state index in [1.807, 2.05) is 26.4 Å². The van der Waals surface area contributed by atoms with E-state index >= 15 is 0 Å². The first-order valence-electron chi connectivity index (χ1n) is 22.6. The highest BCUT2D eigenvalue weighted by Gasteiger charge is 2.41. The second-order valence-electron chi connectivity index (χ2n) is 16.7. The maximum Gasteiger partial charge on any atom is 0.450 e. The molecule has 6 heterocycles. The third-order valence-corrected chi connectivity index (χ3v) is 14.5. The number of rotatable bonds is 20. The van der Waals surface area contributed by atoms with Gasteiger partial charge in [-0.2, -0.15) is 26.3 Å². The molecule has 6 rings (SSSR count). The fraction of sp³-hybridized carbons (Fsp3) is 0.592. The number of carbonyl (C=O) groups excluding carboxylic acids is 2.